The van der Waals surface area contributed by atoms with E-state index in [-0.39, 0.29) is 0 Å². The van der Waals surface area contributed by atoms with Gasteiger partial charge in [0.1, 0.15) is 5.60 Å². The third kappa shape index (κ3) is 2.84. The van der Waals surface area contributed by atoms with Crippen molar-refractivity contribution in [3.8, 4) is 0 Å². The molecule has 0 heterocycles. The van der Waals surface area contributed by atoms with Crippen LogP contribution in [0.3, 0.4) is 0 Å². The Labute approximate surface area is 112 Å². The lowest BCUT2D eigenvalue weighted by Crippen LogP contribution is -2.34. The van der Waals surface area contributed by atoms with Crippen molar-refractivity contribution in [1.29, 1.82) is 0 Å². The molecule has 100 valence electrons. The molecular formula is C17H26O. The zero-order chi connectivity index (χ0) is 13.9. The second kappa shape index (κ2) is 5.71. The first-order valence-electron chi connectivity index (χ1n) is 6.66. The maximum atomic E-state index is 11.1. The lowest BCUT2D eigenvalue weighted by molar-refractivity contribution is 0.0924. The van der Waals surface area contributed by atoms with Crippen molar-refractivity contribution in [3.63, 3.8) is 0 Å². The van der Waals surface area contributed by atoms with Crippen LogP contribution in [0.15, 0.2) is 48.1 Å². The second-order valence-corrected chi connectivity index (χ2v) is 5.68. The van der Waals surface area contributed by atoms with Crippen LogP contribution in [0.25, 0.3) is 0 Å². The number of hydrogen-bond donors (Lipinski definition) is 1. The van der Waals surface area contributed by atoms with Crippen LogP contribution in [0.4, 0.5) is 0 Å². The van der Waals surface area contributed by atoms with Gasteiger partial charge in [0.2, 0.25) is 0 Å². The van der Waals surface area contributed by atoms with Crippen LogP contribution in [-0.4, -0.2) is 10.7 Å². The predicted molar refractivity (Wildman–Crippen MR) is 79.4 cm³/mol. The third-order valence-corrected chi connectivity index (χ3v) is 4.18. The SMILES string of the molecule is C=CCC1=C(C)CC[C@@H](C(=C)C)CC1(O)C(=C)C. The summed E-state index contributed by atoms with van der Waals surface area (Å²) in [6, 6.07) is 0. The molecule has 1 aliphatic rings. The van der Waals surface area contributed by atoms with E-state index in [1.165, 1.54) is 5.57 Å². The van der Waals surface area contributed by atoms with E-state index in [2.05, 4.69) is 33.6 Å². The van der Waals surface area contributed by atoms with Crippen LogP contribution in [0.5, 0.6) is 0 Å². The molecule has 0 spiro atoms. The summed E-state index contributed by atoms with van der Waals surface area (Å²) in [5.41, 5.74) is 3.46. The number of allylic oxidation sites excluding steroid dienone is 3. The summed E-state index contributed by atoms with van der Waals surface area (Å²) in [4.78, 5) is 0. The zero-order valence-electron chi connectivity index (χ0n) is 12.1. The standard InChI is InChI=1S/C17H26O/c1-7-8-16-14(6)9-10-15(12(2)3)11-17(16,18)13(4)5/h7,15,18H,1-2,4,8-11H2,3,5-6H3/t15-,17?/m1/s1. The lowest BCUT2D eigenvalue weighted by atomic mass is 9.77. The van der Waals surface area contributed by atoms with E-state index in [1.54, 1.807) is 0 Å². The molecule has 0 amide bonds. The molecule has 1 aliphatic carbocycles. The van der Waals surface area contributed by atoms with Gasteiger partial charge in [-0.1, -0.05) is 30.4 Å². The molecule has 0 aromatic heterocycles. The van der Waals surface area contributed by atoms with E-state index in [0.29, 0.717) is 12.3 Å². The van der Waals surface area contributed by atoms with Crippen molar-refractivity contribution in [2.24, 2.45) is 5.92 Å². The minimum absolute atomic E-state index is 0.365. The molecule has 2 atom stereocenters. The summed E-state index contributed by atoms with van der Waals surface area (Å²) in [5.74, 6) is 0.365. The Hall–Kier alpha value is -1.08. The third-order valence-electron chi connectivity index (χ3n) is 4.18. The highest BCUT2D eigenvalue weighted by atomic mass is 16.3. The molecule has 1 rings (SSSR count). The van der Waals surface area contributed by atoms with Crippen molar-refractivity contribution < 1.29 is 5.11 Å². The first kappa shape index (κ1) is 15.0. The van der Waals surface area contributed by atoms with Gasteiger partial charge in [-0.05, 0) is 63.5 Å². The smallest absolute Gasteiger partial charge is 0.107 e. The molecular weight excluding hydrogens is 220 g/mol. The van der Waals surface area contributed by atoms with Crippen LogP contribution in [-0.2, 0) is 0 Å². The summed E-state index contributed by atoms with van der Waals surface area (Å²) in [5, 5.41) is 11.1. The molecule has 0 radical (unpaired) electrons. The normalized spacial score (nSPS) is 28.8. The van der Waals surface area contributed by atoms with Gasteiger partial charge in [-0.25, -0.2) is 0 Å². The van der Waals surface area contributed by atoms with Crippen LogP contribution >= 0.6 is 0 Å². The quantitative estimate of drug-likeness (QED) is 0.721. The number of hydrogen-bond acceptors (Lipinski definition) is 1. The Bertz CT molecular complexity index is 400. The molecule has 0 aliphatic heterocycles. The fourth-order valence-corrected chi connectivity index (χ4v) is 2.82. The molecule has 0 bridgehead atoms. The summed E-state index contributed by atoms with van der Waals surface area (Å²) < 4.78 is 0. The van der Waals surface area contributed by atoms with Gasteiger partial charge in [-0.2, -0.15) is 0 Å². The van der Waals surface area contributed by atoms with Crippen LogP contribution in [0.2, 0.25) is 0 Å². The Morgan fingerprint density at radius 1 is 1.44 bits per heavy atom. The van der Waals surface area contributed by atoms with Gasteiger partial charge in [0.05, 0.1) is 0 Å². The molecule has 1 N–H and O–H groups in total. The summed E-state index contributed by atoms with van der Waals surface area (Å²) >= 11 is 0. The highest BCUT2D eigenvalue weighted by Crippen LogP contribution is 2.42. The Morgan fingerprint density at radius 3 is 2.50 bits per heavy atom. The Morgan fingerprint density at radius 2 is 2.06 bits per heavy atom. The lowest BCUT2D eigenvalue weighted by Gasteiger charge is -2.34. The fraction of sp³-hybridized carbons (Fsp3) is 0.529. The molecule has 18 heavy (non-hydrogen) atoms. The first-order chi connectivity index (χ1) is 8.32. The first-order valence-corrected chi connectivity index (χ1v) is 6.66. The molecule has 0 aromatic rings. The van der Waals surface area contributed by atoms with E-state index >= 15 is 0 Å². The highest BCUT2D eigenvalue weighted by Gasteiger charge is 2.37. The van der Waals surface area contributed by atoms with Crippen molar-refractivity contribution >= 4 is 0 Å². The van der Waals surface area contributed by atoms with Gasteiger partial charge in [0.25, 0.3) is 0 Å². The highest BCUT2D eigenvalue weighted by molar-refractivity contribution is 5.36. The zero-order valence-corrected chi connectivity index (χ0v) is 12.1. The molecule has 1 unspecified atom stereocenters. The largest absolute Gasteiger partial charge is 0.381 e. The summed E-state index contributed by atoms with van der Waals surface area (Å²) in [6.07, 6.45) is 5.40. The second-order valence-electron chi connectivity index (χ2n) is 5.68. The summed E-state index contributed by atoms with van der Waals surface area (Å²) in [6.45, 7) is 18.0. The maximum absolute atomic E-state index is 11.1. The average molecular weight is 246 g/mol. The van der Waals surface area contributed by atoms with E-state index in [0.717, 1.165) is 36.0 Å². The van der Waals surface area contributed by atoms with Gasteiger partial charge in [0, 0.05) is 0 Å². The summed E-state index contributed by atoms with van der Waals surface area (Å²) in [7, 11) is 0. The molecule has 0 aromatic carbocycles. The van der Waals surface area contributed by atoms with E-state index in [9.17, 15) is 5.11 Å². The molecule has 0 saturated carbocycles. The van der Waals surface area contributed by atoms with Crippen LogP contribution in [0.1, 0.15) is 46.5 Å². The average Bonchev–Trinajstić information content (AvgIpc) is 2.41. The van der Waals surface area contributed by atoms with E-state index < -0.39 is 5.60 Å². The molecule has 0 fully saturated rings. The van der Waals surface area contributed by atoms with Crippen molar-refractivity contribution in [3.05, 3.63) is 48.1 Å². The van der Waals surface area contributed by atoms with Gasteiger partial charge in [0.15, 0.2) is 0 Å². The molecule has 1 nitrogen and oxygen atoms in total. The van der Waals surface area contributed by atoms with Crippen LogP contribution in [0, 0.1) is 5.92 Å². The van der Waals surface area contributed by atoms with Gasteiger partial charge in [-0.3, -0.25) is 0 Å². The molecule has 1 heteroatoms. The topological polar surface area (TPSA) is 20.2 Å². The monoisotopic (exact) mass is 246 g/mol. The van der Waals surface area contributed by atoms with Gasteiger partial charge >= 0.3 is 0 Å². The van der Waals surface area contributed by atoms with Gasteiger partial charge in [-0.15, -0.1) is 6.58 Å². The van der Waals surface area contributed by atoms with E-state index in [1.807, 2.05) is 13.0 Å². The number of aliphatic hydroxyl groups is 1. The fourth-order valence-electron chi connectivity index (χ4n) is 2.82. The van der Waals surface area contributed by atoms with E-state index in [4.69, 9.17) is 0 Å². The molecule has 0 saturated heterocycles. The van der Waals surface area contributed by atoms with Crippen molar-refractivity contribution in [2.45, 2.75) is 52.1 Å². The maximum Gasteiger partial charge on any atom is 0.107 e. The van der Waals surface area contributed by atoms with Gasteiger partial charge < -0.3 is 5.11 Å². The number of rotatable bonds is 4. The minimum Gasteiger partial charge on any atom is -0.381 e. The Balaban J connectivity index is 3.23. The van der Waals surface area contributed by atoms with Crippen molar-refractivity contribution in [2.75, 3.05) is 0 Å². The minimum atomic E-state index is -0.890. The van der Waals surface area contributed by atoms with Crippen molar-refractivity contribution in [1.82, 2.24) is 0 Å². The van der Waals surface area contributed by atoms with Crippen LogP contribution < -0.4 is 0 Å². The predicted octanol–water partition coefficient (Wildman–Crippen LogP) is 4.56. The Kier molecular flexibility index (Phi) is 4.75.